The van der Waals surface area contributed by atoms with Crippen molar-refractivity contribution >= 4 is 27.3 Å². The summed E-state index contributed by atoms with van der Waals surface area (Å²) < 4.78 is 49.5. The molecule has 10 heteroatoms. The summed E-state index contributed by atoms with van der Waals surface area (Å²) in [5, 5.41) is 2.72. The van der Waals surface area contributed by atoms with Crippen LogP contribution in [0.15, 0.2) is 65.6 Å². The van der Waals surface area contributed by atoms with Gasteiger partial charge in [-0.05, 0) is 48.0 Å². The quantitative estimate of drug-likeness (QED) is 0.449. The van der Waals surface area contributed by atoms with Gasteiger partial charge in [-0.25, -0.2) is 8.42 Å². The van der Waals surface area contributed by atoms with Crippen LogP contribution in [-0.2, 0) is 21.2 Å². The second kappa shape index (κ2) is 10.8. The molecule has 180 valence electrons. The highest BCUT2D eigenvalue weighted by atomic mass is 32.2. The third-order valence-electron chi connectivity index (χ3n) is 4.92. The second-order valence-electron chi connectivity index (χ2n) is 7.08. The van der Waals surface area contributed by atoms with Crippen LogP contribution in [-0.4, -0.2) is 42.8 Å². The first kappa shape index (κ1) is 24.7. The lowest BCUT2D eigenvalue weighted by molar-refractivity contribution is -0.115. The van der Waals surface area contributed by atoms with Crippen LogP contribution in [0.4, 0.5) is 11.4 Å². The van der Waals surface area contributed by atoms with E-state index in [0.717, 1.165) is 0 Å². The van der Waals surface area contributed by atoms with Gasteiger partial charge in [-0.2, -0.15) is 0 Å². The SMILES string of the molecule is COc1ccc(S(=O)(=O)Nc2ccccc2OC)cc1NC(=O)Cc1ccc(OC)c(OC)c1. The van der Waals surface area contributed by atoms with Gasteiger partial charge in [0, 0.05) is 0 Å². The van der Waals surface area contributed by atoms with E-state index in [-0.39, 0.29) is 22.9 Å². The maximum Gasteiger partial charge on any atom is 0.262 e. The van der Waals surface area contributed by atoms with E-state index in [1.165, 1.54) is 46.6 Å². The molecular weight excluding hydrogens is 460 g/mol. The zero-order valence-electron chi connectivity index (χ0n) is 19.2. The Hall–Kier alpha value is -3.92. The lowest BCUT2D eigenvalue weighted by Gasteiger charge is -2.15. The number of hydrogen-bond donors (Lipinski definition) is 2. The maximum atomic E-state index is 13.0. The second-order valence-corrected chi connectivity index (χ2v) is 8.76. The van der Waals surface area contributed by atoms with Crippen molar-refractivity contribution in [2.75, 3.05) is 38.5 Å². The van der Waals surface area contributed by atoms with Crippen LogP contribution in [0.5, 0.6) is 23.0 Å². The molecule has 34 heavy (non-hydrogen) atoms. The standard InChI is InChI=1S/C24H26N2O7S/c1-30-20-8-6-5-7-18(20)26-34(28,29)17-10-12-21(31-2)19(15-17)25-24(27)14-16-9-11-22(32-3)23(13-16)33-4/h5-13,15,26H,14H2,1-4H3,(H,25,27). The number of carbonyl (C=O) groups is 1. The number of carbonyl (C=O) groups excluding carboxylic acids is 1. The number of methoxy groups -OCH3 is 4. The highest BCUT2D eigenvalue weighted by Crippen LogP contribution is 2.31. The zero-order valence-corrected chi connectivity index (χ0v) is 20.1. The van der Waals surface area contributed by atoms with Crippen molar-refractivity contribution in [3.05, 3.63) is 66.2 Å². The van der Waals surface area contributed by atoms with E-state index in [2.05, 4.69) is 10.0 Å². The van der Waals surface area contributed by atoms with Gasteiger partial charge in [0.2, 0.25) is 5.91 Å². The summed E-state index contributed by atoms with van der Waals surface area (Å²) in [6, 6.07) is 16.0. The summed E-state index contributed by atoms with van der Waals surface area (Å²) in [7, 11) is 1.95. The summed E-state index contributed by atoms with van der Waals surface area (Å²) in [6.07, 6.45) is 0.0277. The minimum atomic E-state index is -3.97. The number of amides is 1. The molecule has 0 aliphatic carbocycles. The van der Waals surface area contributed by atoms with E-state index in [4.69, 9.17) is 18.9 Å². The summed E-state index contributed by atoms with van der Waals surface area (Å²) in [5.41, 5.74) is 1.20. The van der Waals surface area contributed by atoms with Crippen molar-refractivity contribution in [2.45, 2.75) is 11.3 Å². The highest BCUT2D eigenvalue weighted by molar-refractivity contribution is 7.92. The number of para-hydroxylation sites is 2. The minimum Gasteiger partial charge on any atom is -0.495 e. The molecule has 3 aromatic rings. The fourth-order valence-electron chi connectivity index (χ4n) is 3.25. The van der Waals surface area contributed by atoms with Crippen LogP contribution >= 0.6 is 0 Å². The van der Waals surface area contributed by atoms with Crippen LogP contribution in [0.3, 0.4) is 0 Å². The number of ether oxygens (including phenoxy) is 4. The van der Waals surface area contributed by atoms with Gasteiger partial charge in [0.1, 0.15) is 11.5 Å². The van der Waals surface area contributed by atoms with E-state index in [1.807, 2.05) is 0 Å². The Kier molecular flexibility index (Phi) is 7.85. The first-order valence-corrected chi connectivity index (χ1v) is 11.6. The van der Waals surface area contributed by atoms with Crippen molar-refractivity contribution in [3.63, 3.8) is 0 Å². The van der Waals surface area contributed by atoms with E-state index in [9.17, 15) is 13.2 Å². The molecule has 9 nitrogen and oxygen atoms in total. The van der Waals surface area contributed by atoms with Crippen molar-refractivity contribution in [2.24, 2.45) is 0 Å². The van der Waals surface area contributed by atoms with Crippen LogP contribution in [0, 0.1) is 0 Å². The Balaban J connectivity index is 1.83. The highest BCUT2D eigenvalue weighted by Gasteiger charge is 2.19. The molecule has 0 aliphatic rings. The molecular formula is C24H26N2O7S. The molecule has 0 saturated heterocycles. The Bertz CT molecular complexity index is 1280. The van der Waals surface area contributed by atoms with Crippen LogP contribution in [0.1, 0.15) is 5.56 Å². The molecule has 0 saturated carbocycles. The molecule has 2 N–H and O–H groups in total. The first-order chi connectivity index (χ1) is 16.3. The van der Waals surface area contributed by atoms with Gasteiger partial charge >= 0.3 is 0 Å². The van der Waals surface area contributed by atoms with Gasteiger partial charge in [0.05, 0.1) is 51.1 Å². The number of nitrogens with one attached hydrogen (secondary N) is 2. The number of sulfonamides is 1. The molecule has 0 bridgehead atoms. The Morgan fingerprint density at radius 1 is 0.735 bits per heavy atom. The predicted octanol–water partition coefficient (Wildman–Crippen LogP) is 3.70. The lowest BCUT2D eigenvalue weighted by atomic mass is 10.1. The zero-order chi connectivity index (χ0) is 24.7. The van der Waals surface area contributed by atoms with E-state index in [1.54, 1.807) is 42.5 Å². The summed E-state index contributed by atoms with van der Waals surface area (Å²) in [5.74, 6) is 1.38. The largest absolute Gasteiger partial charge is 0.495 e. The molecule has 0 atom stereocenters. The number of hydrogen-bond acceptors (Lipinski definition) is 7. The van der Waals surface area contributed by atoms with E-state index < -0.39 is 10.0 Å². The molecule has 0 unspecified atom stereocenters. The molecule has 0 radical (unpaired) electrons. The van der Waals surface area contributed by atoms with Crippen molar-refractivity contribution in [1.82, 2.24) is 0 Å². The van der Waals surface area contributed by atoms with Gasteiger partial charge in [-0.3, -0.25) is 9.52 Å². The van der Waals surface area contributed by atoms with Crippen LogP contribution in [0.25, 0.3) is 0 Å². The normalized spacial score (nSPS) is 10.8. The van der Waals surface area contributed by atoms with Crippen LogP contribution < -0.4 is 29.0 Å². The lowest BCUT2D eigenvalue weighted by Crippen LogP contribution is -2.17. The molecule has 0 aliphatic heterocycles. The Labute approximate surface area is 198 Å². The van der Waals surface area contributed by atoms with E-state index >= 15 is 0 Å². The Morgan fingerprint density at radius 3 is 2.03 bits per heavy atom. The molecule has 0 aromatic heterocycles. The smallest absolute Gasteiger partial charge is 0.262 e. The number of anilines is 2. The van der Waals surface area contributed by atoms with Crippen LogP contribution in [0.2, 0.25) is 0 Å². The molecule has 1 amide bonds. The van der Waals surface area contributed by atoms with Gasteiger partial charge in [0.15, 0.2) is 11.5 Å². The average molecular weight is 487 g/mol. The van der Waals surface area contributed by atoms with E-state index in [0.29, 0.717) is 34.2 Å². The minimum absolute atomic E-state index is 0.0277. The van der Waals surface area contributed by atoms with Crippen molar-refractivity contribution < 1.29 is 32.2 Å². The molecule has 0 spiro atoms. The van der Waals surface area contributed by atoms with Gasteiger partial charge < -0.3 is 24.3 Å². The van der Waals surface area contributed by atoms with Gasteiger partial charge in [-0.1, -0.05) is 18.2 Å². The third kappa shape index (κ3) is 5.70. The fourth-order valence-corrected chi connectivity index (χ4v) is 4.35. The maximum absolute atomic E-state index is 13.0. The summed E-state index contributed by atoms with van der Waals surface area (Å²) in [6.45, 7) is 0. The molecule has 0 heterocycles. The fraction of sp³-hybridized carbons (Fsp3) is 0.208. The van der Waals surface area contributed by atoms with Gasteiger partial charge in [0.25, 0.3) is 10.0 Å². The number of benzene rings is 3. The van der Waals surface area contributed by atoms with Crippen molar-refractivity contribution in [3.8, 4) is 23.0 Å². The monoisotopic (exact) mass is 486 g/mol. The molecule has 3 rings (SSSR count). The topological polar surface area (TPSA) is 112 Å². The first-order valence-electron chi connectivity index (χ1n) is 10.2. The Morgan fingerprint density at radius 2 is 1.35 bits per heavy atom. The van der Waals surface area contributed by atoms with Gasteiger partial charge in [-0.15, -0.1) is 0 Å². The predicted molar refractivity (Wildman–Crippen MR) is 129 cm³/mol. The average Bonchev–Trinajstić information content (AvgIpc) is 2.83. The molecule has 0 fully saturated rings. The molecule has 3 aromatic carbocycles. The number of rotatable bonds is 10. The third-order valence-corrected chi connectivity index (χ3v) is 6.28. The van der Waals surface area contributed by atoms with Crippen molar-refractivity contribution in [1.29, 1.82) is 0 Å². The summed E-state index contributed by atoms with van der Waals surface area (Å²) in [4.78, 5) is 12.7. The summed E-state index contributed by atoms with van der Waals surface area (Å²) >= 11 is 0.